The van der Waals surface area contributed by atoms with Gasteiger partial charge in [0.2, 0.25) is 11.8 Å². The molecule has 166 valence electrons. The van der Waals surface area contributed by atoms with Gasteiger partial charge >= 0.3 is 0 Å². The van der Waals surface area contributed by atoms with Crippen molar-refractivity contribution in [2.75, 3.05) is 19.6 Å². The zero-order valence-corrected chi connectivity index (χ0v) is 18.5. The number of H-pyrrole nitrogens is 1. The second-order valence-corrected chi connectivity index (χ2v) is 8.51. The predicted molar refractivity (Wildman–Crippen MR) is 131 cm³/mol. The van der Waals surface area contributed by atoms with Gasteiger partial charge in [0, 0.05) is 36.3 Å². The van der Waals surface area contributed by atoms with Crippen LogP contribution in [0.15, 0.2) is 84.9 Å². The van der Waals surface area contributed by atoms with Gasteiger partial charge in [-0.3, -0.25) is 9.59 Å². The Balaban J connectivity index is 1.52. The van der Waals surface area contributed by atoms with Crippen LogP contribution in [0.2, 0.25) is 0 Å². The van der Waals surface area contributed by atoms with Crippen LogP contribution < -0.4 is 5.32 Å². The molecule has 5 nitrogen and oxygen atoms in total. The molecule has 2 heterocycles. The summed E-state index contributed by atoms with van der Waals surface area (Å²) in [5.41, 5.74) is 5.55. The molecule has 4 aromatic rings. The molecule has 1 aliphatic heterocycles. The normalized spacial score (nSPS) is 14.5. The van der Waals surface area contributed by atoms with Crippen LogP contribution in [0.3, 0.4) is 0 Å². The largest absolute Gasteiger partial charge is 0.354 e. The Morgan fingerprint density at radius 3 is 2.36 bits per heavy atom. The molecule has 0 saturated carbocycles. The molecular weight excluding hydrogens is 410 g/mol. The van der Waals surface area contributed by atoms with Gasteiger partial charge in [-0.25, -0.2) is 0 Å². The van der Waals surface area contributed by atoms with E-state index in [1.54, 1.807) is 4.90 Å². The number of nitrogens with one attached hydrogen (secondary N) is 2. The molecule has 0 radical (unpaired) electrons. The smallest absolute Gasteiger partial charge is 0.239 e. The number of aromatic nitrogens is 1. The SMILES string of the molecule is O=C(CN1CCCC1=O)NCC(c1ccccc1)c1c(-c2ccccc2)[nH]c2ccccc12. The van der Waals surface area contributed by atoms with Crippen molar-refractivity contribution < 1.29 is 9.59 Å². The van der Waals surface area contributed by atoms with E-state index in [-0.39, 0.29) is 24.3 Å². The minimum absolute atomic E-state index is 0.0456. The molecule has 1 atom stereocenters. The number of likely N-dealkylation sites (tertiary alicyclic amines) is 1. The van der Waals surface area contributed by atoms with Gasteiger partial charge in [0.15, 0.2) is 0 Å². The summed E-state index contributed by atoms with van der Waals surface area (Å²) >= 11 is 0. The lowest BCUT2D eigenvalue weighted by Gasteiger charge is -2.21. The van der Waals surface area contributed by atoms with Crippen molar-refractivity contribution in [3.05, 3.63) is 96.1 Å². The van der Waals surface area contributed by atoms with Crippen LogP contribution in [0.25, 0.3) is 22.2 Å². The molecule has 1 fully saturated rings. The van der Waals surface area contributed by atoms with Crippen LogP contribution in [0.1, 0.15) is 29.9 Å². The number of hydrogen-bond acceptors (Lipinski definition) is 2. The molecule has 1 aliphatic rings. The first-order valence-electron chi connectivity index (χ1n) is 11.5. The highest BCUT2D eigenvalue weighted by Crippen LogP contribution is 2.38. The molecule has 3 aromatic carbocycles. The number of benzene rings is 3. The first-order valence-corrected chi connectivity index (χ1v) is 11.5. The van der Waals surface area contributed by atoms with Gasteiger partial charge in [0.1, 0.15) is 0 Å². The zero-order valence-electron chi connectivity index (χ0n) is 18.5. The van der Waals surface area contributed by atoms with Gasteiger partial charge in [-0.15, -0.1) is 0 Å². The van der Waals surface area contributed by atoms with E-state index in [0.29, 0.717) is 19.5 Å². The van der Waals surface area contributed by atoms with E-state index in [1.165, 1.54) is 5.56 Å². The lowest BCUT2D eigenvalue weighted by atomic mass is 9.87. The highest BCUT2D eigenvalue weighted by molar-refractivity contribution is 5.92. The Morgan fingerprint density at radius 1 is 0.939 bits per heavy atom. The maximum absolute atomic E-state index is 12.8. The van der Waals surface area contributed by atoms with Crippen molar-refractivity contribution in [2.45, 2.75) is 18.8 Å². The van der Waals surface area contributed by atoms with Crippen molar-refractivity contribution in [3.63, 3.8) is 0 Å². The van der Waals surface area contributed by atoms with E-state index in [1.807, 2.05) is 48.5 Å². The van der Waals surface area contributed by atoms with Gasteiger partial charge in [-0.2, -0.15) is 0 Å². The van der Waals surface area contributed by atoms with Gasteiger partial charge in [0.25, 0.3) is 0 Å². The topological polar surface area (TPSA) is 65.2 Å². The highest BCUT2D eigenvalue weighted by atomic mass is 16.2. The number of aromatic amines is 1. The van der Waals surface area contributed by atoms with Gasteiger partial charge in [-0.1, -0.05) is 78.9 Å². The summed E-state index contributed by atoms with van der Waals surface area (Å²) in [7, 11) is 0. The Morgan fingerprint density at radius 2 is 1.64 bits per heavy atom. The molecule has 5 heteroatoms. The van der Waals surface area contributed by atoms with Crippen LogP contribution in [0.4, 0.5) is 0 Å². The second kappa shape index (κ2) is 9.33. The van der Waals surface area contributed by atoms with Crippen LogP contribution >= 0.6 is 0 Å². The Labute approximate surface area is 193 Å². The van der Waals surface area contributed by atoms with Crippen molar-refractivity contribution in [2.24, 2.45) is 0 Å². The van der Waals surface area contributed by atoms with E-state index >= 15 is 0 Å². The number of carbonyl (C=O) groups excluding carboxylic acids is 2. The van der Waals surface area contributed by atoms with Crippen LogP contribution in [0.5, 0.6) is 0 Å². The summed E-state index contributed by atoms with van der Waals surface area (Å²) in [5.74, 6) is -0.101. The monoisotopic (exact) mass is 437 g/mol. The van der Waals surface area contributed by atoms with Crippen molar-refractivity contribution >= 4 is 22.7 Å². The molecule has 1 unspecified atom stereocenters. The number of carbonyl (C=O) groups is 2. The first-order chi connectivity index (χ1) is 16.2. The second-order valence-electron chi connectivity index (χ2n) is 8.51. The fraction of sp³-hybridized carbons (Fsp3) is 0.214. The summed E-state index contributed by atoms with van der Waals surface area (Å²) in [6.45, 7) is 1.24. The molecule has 0 aliphatic carbocycles. The van der Waals surface area contributed by atoms with Gasteiger partial charge in [-0.05, 0) is 29.2 Å². The van der Waals surface area contributed by atoms with E-state index in [0.717, 1.165) is 34.1 Å². The molecule has 2 amide bonds. The molecule has 33 heavy (non-hydrogen) atoms. The van der Waals surface area contributed by atoms with Crippen molar-refractivity contribution in [1.29, 1.82) is 0 Å². The molecule has 0 bridgehead atoms. The third-order valence-electron chi connectivity index (χ3n) is 6.37. The summed E-state index contributed by atoms with van der Waals surface area (Å²) < 4.78 is 0. The van der Waals surface area contributed by atoms with Gasteiger partial charge in [0.05, 0.1) is 12.2 Å². The van der Waals surface area contributed by atoms with E-state index in [9.17, 15) is 9.59 Å². The number of hydrogen-bond donors (Lipinski definition) is 2. The summed E-state index contributed by atoms with van der Waals surface area (Å²) in [4.78, 5) is 30.0. The minimum Gasteiger partial charge on any atom is -0.354 e. The standard InChI is InChI=1S/C28H27N3O2/c32-25(19-31-17-9-16-26(31)33)29-18-23(20-10-3-1-4-11-20)27-22-14-7-8-15-24(22)30-28(27)21-12-5-2-6-13-21/h1-8,10-15,23,30H,9,16-19H2,(H,29,32). The van der Waals surface area contributed by atoms with Crippen molar-refractivity contribution in [3.8, 4) is 11.3 Å². The average molecular weight is 438 g/mol. The van der Waals surface area contributed by atoms with E-state index < -0.39 is 0 Å². The number of para-hydroxylation sites is 1. The Hall–Kier alpha value is -3.86. The van der Waals surface area contributed by atoms with E-state index in [2.05, 4.69) is 46.7 Å². The van der Waals surface area contributed by atoms with E-state index in [4.69, 9.17) is 0 Å². The molecule has 1 saturated heterocycles. The van der Waals surface area contributed by atoms with Crippen molar-refractivity contribution in [1.82, 2.24) is 15.2 Å². The molecule has 0 spiro atoms. The van der Waals surface area contributed by atoms with Crippen LogP contribution in [0, 0.1) is 0 Å². The first kappa shape index (κ1) is 21.0. The lowest BCUT2D eigenvalue weighted by molar-refractivity contribution is -0.133. The molecular formula is C28H27N3O2. The third-order valence-corrected chi connectivity index (χ3v) is 6.37. The summed E-state index contributed by atoms with van der Waals surface area (Å²) in [6, 6.07) is 28.9. The Kier molecular flexibility index (Phi) is 5.94. The molecule has 5 rings (SSSR count). The number of fused-ring (bicyclic) bond motifs is 1. The quantitative estimate of drug-likeness (QED) is 0.440. The Bertz CT molecular complexity index is 1260. The van der Waals surface area contributed by atoms with Crippen LogP contribution in [-0.4, -0.2) is 41.3 Å². The number of nitrogens with zero attached hydrogens (tertiary/aromatic N) is 1. The fourth-order valence-electron chi connectivity index (χ4n) is 4.75. The predicted octanol–water partition coefficient (Wildman–Crippen LogP) is 4.71. The number of rotatable bonds is 7. The average Bonchev–Trinajstić information content (AvgIpc) is 3.44. The zero-order chi connectivity index (χ0) is 22.6. The highest BCUT2D eigenvalue weighted by Gasteiger charge is 2.26. The summed E-state index contributed by atoms with van der Waals surface area (Å²) in [6.07, 6.45) is 1.37. The lowest BCUT2D eigenvalue weighted by Crippen LogP contribution is -2.39. The maximum atomic E-state index is 12.8. The van der Waals surface area contributed by atoms with Crippen LogP contribution in [-0.2, 0) is 9.59 Å². The molecule has 1 aromatic heterocycles. The third kappa shape index (κ3) is 4.40. The molecule has 2 N–H and O–H groups in total. The summed E-state index contributed by atoms with van der Waals surface area (Å²) in [5, 5.41) is 4.26. The fourth-order valence-corrected chi connectivity index (χ4v) is 4.75. The number of amides is 2. The van der Waals surface area contributed by atoms with Gasteiger partial charge < -0.3 is 15.2 Å². The minimum atomic E-state index is -0.118. The maximum Gasteiger partial charge on any atom is 0.239 e.